The number of carboxylic acid groups (broad SMARTS) is 1. The largest absolute Gasteiger partial charge is 0.481 e. The standard InChI is InChI=1S/C14H15N3O3/c18-13(15-10-5-4-9(7-10)14(19)20)11-8-17-6-2-1-3-12(17)16-11/h1-3,6,8-10H,4-5,7H2,(H,15,18)(H,19,20)/t9-,10+/m0/s1. The van der Waals surface area contributed by atoms with Gasteiger partial charge in [-0.05, 0) is 31.4 Å². The molecule has 1 amide bonds. The summed E-state index contributed by atoms with van der Waals surface area (Å²) in [4.78, 5) is 27.2. The van der Waals surface area contributed by atoms with E-state index in [0.717, 1.165) is 0 Å². The average molecular weight is 273 g/mol. The van der Waals surface area contributed by atoms with Crippen molar-refractivity contribution < 1.29 is 14.7 Å². The van der Waals surface area contributed by atoms with Crippen molar-refractivity contribution in [3.05, 3.63) is 36.3 Å². The number of imidazole rings is 1. The van der Waals surface area contributed by atoms with Crippen molar-refractivity contribution in [3.63, 3.8) is 0 Å². The number of pyridine rings is 1. The number of aliphatic carboxylic acids is 1. The topological polar surface area (TPSA) is 83.7 Å². The van der Waals surface area contributed by atoms with Crippen molar-refractivity contribution in [3.8, 4) is 0 Å². The number of nitrogens with one attached hydrogen (secondary N) is 1. The molecule has 1 aliphatic carbocycles. The maximum absolute atomic E-state index is 12.1. The van der Waals surface area contributed by atoms with Gasteiger partial charge in [-0.25, -0.2) is 4.98 Å². The zero-order valence-corrected chi connectivity index (χ0v) is 10.8. The minimum atomic E-state index is -0.783. The van der Waals surface area contributed by atoms with E-state index in [0.29, 0.717) is 30.6 Å². The van der Waals surface area contributed by atoms with Crippen LogP contribution in [0.15, 0.2) is 30.6 Å². The number of hydrogen-bond donors (Lipinski definition) is 2. The Morgan fingerprint density at radius 2 is 2.20 bits per heavy atom. The molecule has 1 aliphatic rings. The Bertz CT molecular complexity index is 631. The molecule has 6 heteroatoms. The molecule has 0 radical (unpaired) electrons. The fourth-order valence-electron chi connectivity index (χ4n) is 2.64. The summed E-state index contributed by atoms with van der Waals surface area (Å²) in [6.07, 6.45) is 5.32. The molecular weight excluding hydrogens is 258 g/mol. The van der Waals surface area contributed by atoms with Gasteiger partial charge in [-0.2, -0.15) is 0 Å². The number of carboxylic acids is 1. The SMILES string of the molecule is O=C(N[C@@H]1CC[C@H](C(=O)O)C1)c1cn2ccccc2n1. The molecular formula is C14H15N3O3. The molecule has 2 atom stereocenters. The van der Waals surface area contributed by atoms with Crippen molar-refractivity contribution in [1.82, 2.24) is 14.7 Å². The fourth-order valence-corrected chi connectivity index (χ4v) is 2.64. The van der Waals surface area contributed by atoms with E-state index in [2.05, 4.69) is 10.3 Å². The first-order chi connectivity index (χ1) is 9.63. The first-order valence-corrected chi connectivity index (χ1v) is 6.61. The van der Waals surface area contributed by atoms with Crippen LogP contribution in [-0.2, 0) is 4.79 Å². The molecule has 2 N–H and O–H groups in total. The highest BCUT2D eigenvalue weighted by molar-refractivity contribution is 5.93. The number of carbonyl (C=O) groups excluding carboxylic acids is 1. The molecule has 1 fully saturated rings. The van der Waals surface area contributed by atoms with Crippen LogP contribution in [0.4, 0.5) is 0 Å². The van der Waals surface area contributed by atoms with Crippen molar-refractivity contribution in [2.45, 2.75) is 25.3 Å². The van der Waals surface area contributed by atoms with Gasteiger partial charge in [0.05, 0.1) is 5.92 Å². The maximum atomic E-state index is 12.1. The molecule has 0 saturated heterocycles. The second-order valence-corrected chi connectivity index (χ2v) is 5.11. The van der Waals surface area contributed by atoms with Gasteiger partial charge in [0.15, 0.2) is 0 Å². The number of aromatic nitrogens is 2. The van der Waals surface area contributed by atoms with Crippen LogP contribution in [0.5, 0.6) is 0 Å². The summed E-state index contributed by atoms with van der Waals surface area (Å²) in [7, 11) is 0. The van der Waals surface area contributed by atoms with E-state index >= 15 is 0 Å². The third-order valence-electron chi connectivity index (χ3n) is 3.71. The van der Waals surface area contributed by atoms with Crippen LogP contribution in [0.2, 0.25) is 0 Å². The summed E-state index contributed by atoms with van der Waals surface area (Å²) in [6, 6.07) is 5.48. The van der Waals surface area contributed by atoms with Gasteiger partial charge in [0.25, 0.3) is 5.91 Å². The number of fused-ring (bicyclic) bond motifs is 1. The molecule has 0 aliphatic heterocycles. The number of nitrogens with zero attached hydrogens (tertiary/aromatic N) is 2. The summed E-state index contributed by atoms with van der Waals surface area (Å²) in [6.45, 7) is 0. The monoisotopic (exact) mass is 273 g/mol. The first-order valence-electron chi connectivity index (χ1n) is 6.61. The van der Waals surface area contributed by atoms with Crippen molar-refractivity contribution in [2.75, 3.05) is 0 Å². The van der Waals surface area contributed by atoms with E-state index in [9.17, 15) is 9.59 Å². The Kier molecular flexibility index (Phi) is 3.14. The van der Waals surface area contributed by atoms with E-state index in [4.69, 9.17) is 5.11 Å². The van der Waals surface area contributed by atoms with E-state index in [1.54, 1.807) is 10.6 Å². The summed E-state index contributed by atoms with van der Waals surface area (Å²) in [5.41, 5.74) is 1.07. The van der Waals surface area contributed by atoms with Gasteiger partial charge in [0, 0.05) is 18.4 Å². The average Bonchev–Trinajstić information content (AvgIpc) is 3.04. The van der Waals surface area contributed by atoms with Crippen LogP contribution >= 0.6 is 0 Å². The second kappa shape index (κ2) is 4.96. The molecule has 6 nitrogen and oxygen atoms in total. The van der Waals surface area contributed by atoms with Crippen LogP contribution in [0, 0.1) is 5.92 Å². The first kappa shape index (κ1) is 12.7. The summed E-state index contributed by atoms with van der Waals surface area (Å²) in [5, 5.41) is 11.8. The van der Waals surface area contributed by atoms with Crippen molar-refractivity contribution >= 4 is 17.5 Å². The number of rotatable bonds is 3. The highest BCUT2D eigenvalue weighted by Gasteiger charge is 2.30. The van der Waals surface area contributed by atoms with Gasteiger partial charge in [-0.3, -0.25) is 9.59 Å². The highest BCUT2D eigenvalue weighted by atomic mass is 16.4. The van der Waals surface area contributed by atoms with Crippen LogP contribution in [0.25, 0.3) is 5.65 Å². The lowest BCUT2D eigenvalue weighted by atomic mass is 10.1. The van der Waals surface area contributed by atoms with Crippen LogP contribution in [0.3, 0.4) is 0 Å². The van der Waals surface area contributed by atoms with E-state index in [-0.39, 0.29) is 17.9 Å². The minimum absolute atomic E-state index is 0.0755. The summed E-state index contributed by atoms with van der Waals surface area (Å²) >= 11 is 0. The third kappa shape index (κ3) is 2.36. The predicted octanol–water partition coefficient (Wildman–Crippen LogP) is 1.32. The molecule has 3 rings (SSSR count). The minimum Gasteiger partial charge on any atom is -0.481 e. The third-order valence-corrected chi connectivity index (χ3v) is 3.71. The normalized spacial score (nSPS) is 22.0. The lowest BCUT2D eigenvalue weighted by Crippen LogP contribution is -2.33. The Morgan fingerprint density at radius 3 is 2.90 bits per heavy atom. The molecule has 0 spiro atoms. The molecule has 104 valence electrons. The van der Waals surface area contributed by atoms with E-state index < -0.39 is 5.97 Å². The Morgan fingerprint density at radius 1 is 1.35 bits per heavy atom. The maximum Gasteiger partial charge on any atom is 0.306 e. The molecule has 2 heterocycles. The molecule has 0 aromatic carbocycles. The number of hydrogen-bond acceptors (Lipinski definition) is 3. The fraction of sp³-hybridized carbons (Fsp3) is 0.357. The van der Waals surface area contributed by atoms with Gasteiger partial charge in [0.1, 0.15) is 11.3 Å². The summed E-state index contributed by atoms with van der Waals surface area (Å²) in [5.74, 6) is -1.37. The molecule has 2 aromatic heterocycles. The summed E-state index contributed by atoms with van der Waals surface area (Å²) < 4.78 is 1.78. The van der Waals surface area contributed by atoms with Gasteiger partial charge in [-0.1, -0.05) is 6.07 Å². The van der Waals surface area contributed by atoms with Gasteiger partial charge in [0.2, 0.25) is 0 Å². The Balaban J connectivity index is 1.69. The molecule has 0 bridgehead atoms. The molecule has 1 saturated carbocycles. The van der Waals surface area contributed by atoms with E-state index in [1.165, 1.54) is 0 Å². The predicted molar refractivity (Wildman–Crippen MR) is 71.4 cm³/mol. The van der Waals surface area contributed by atoms with Crippen LogP contribution in [0.1, 0.15) is 29.8 Å². The molecule has 0 unspecified atom stereocenters. The van der Waals surface area contributed by atoms with Gasteiger partial charge in [-0.15, -0.1) is 0 Å². The van der Waals surface area contributed by atoms with Gasteiger partial charge >= 0.3 is 5.97 Å². The van der Waals surface area contributed by atoms with Crippen LogP contribution in [-0.4, -0.2) is 32.4 Å². The molecule has 2 aromatic rings. The second-order valence-electron chi connectivity index (χ2n) is 5.11. The number of amides is 1. The Hall–Kier alpha value is -2.37. The smallest absolute Gasteiger partial charge is 0.306 e. The lowest BCUT2D eigenvalue weighted by molar-refractivity contribution is -0.141. The van der Waals surface area contributed by atoms with Crippen LogP contribution < -0.4 is 5.32 Å². The zero-order chi connectivity index (χ0) is 14.1. The van der Waals surface area contributed by atoms with E-state index in [1.807, 2.05) is 24.4 Å². The molecule has 20 heavy (non-hydrogen) atoms. The zero-order valence-electron chi connectivity index (χ0n) is 10.8. The number of carbonyl (C=O) groups is 2. The highest BCUT2D eigenvalue weighted by Crippen LogP contribution is 2.25. The quantitative estimate of drug-likeness (QED) is 0.883. The van der Waals surface area contributed by atoms with Crippen molar-refractivity contribution in [1.29, 1.82) is 0 Å². The van der Waals surface area contributed by atoms with Crippen molar-refractivity contribution in [2.24, 2.45) is 5.92 Å². The lowest BCUT2D eigenvalue weighted by Gasteiger charge is -2.10. The Labute approximate surface area is 115 Å². The van der Waals surface area contributed by atoms with Gasteiger partial charge < -0.3 is 14.8 Å².